The number of hydrogen-bond acceptors (Lipinski definition) is 3. The van der Waals surface area contributed by atoms with Crippen molar-refractivity contribution in [1.29, 1.82) is 0 Å². The molecule has 1 aliphatic rings. The van der Waals surface area contributed by atoms with Gasteiger partial charge in [0.25, 0.3) is 5.91 Å². The van der Waals surface area contributed by atoms with Crippen LogP contribution in [0.2, 0.25) is 0 Å². The van der Waals surface area contributed by atoms with Gasteiger partial charge in [0.1, 0.15) is 11.8 Å². The van der Waals surface area contributed by atoms with Gasteiger partial charge in [0, 0.05) is 6.54 Å². The van der Waals surface area contributed by atoms with Crippen molar-refractivity contribution in [2.24, 2.45) is 0 Å². The number of aryl methyl sites for hydroxylation is 1. The van der Waals surface area contributed by atoms with Gasteiger partial charge >= 0.3 is 5.97 Å². The van der Waals surface area contributed by atoms with E-state index in [1.165, 1.54) is 4.90 Å². The molecule has 1 amide bonds. The molecule has 1 fully saturated rings. The summed E-state index contributed by atoms with van der Waals surface area (Å²) in [7, 11) is 0. The fourth-order valence-corrected chi connectivity index (χ4v) is 2.30. The Morgan fingerprint density at radius 2 is 2.11 bits per heavy atom. The van der Waals surface area contributed by atoms with Crippen molar-refractivity contribution in [2.45, 2.75) is 38.6 Å². The number of rotatable bonds is 2. The van der Waals surface area contributed by atoms with E-state index >= 15 is 0 Å². The van der Waals surface area contributed by atoms with Gasteiger partial charge in [0.15, 0.2) is 5.76 Å². The van der Waals surface area contributed by atoms with E-state index in [2.05, 4.69) is 0 Å². The van der Waals surface area contributed by atoms with E-state index in [1.54, 1.807) is 19.1 Å². The van der Waals surface area contributed by atoms with E-state index in [-0.39, 0.29) is 11.7 Å². The Bertz CT molecular complexity index is 452. The molecule has 2 rings (SSSR count). The Morgan fingerprint density at radius 1 is 1.33 bits per heavy atom. The first-order valence-corrected chi connectivity index (χ1v) is 6.20. The van der Waals surface area contributed by atoms with Gasteiger partial charge in [-0.15, -0.1) is 0 Å². The van der Waals surface area contributed by atoms with Crippen molar-refractivity contribution in [3.63, 3.8) is 0 Å². The van der Waals surface area contributed by atoms with E-state index < -0.39 is 12.0 Å². The third-order valence-electron chi connectivity index (χ3n) is 3.25. The molecular formula is C13H17NO4. The molecule has 1 saturated heterocycles. The highest BCUT2D eigenvalue weighted by molar-refractivity contribution is 5.94. The second kappa shape index (κ2) is 5.25. The summed E-state index contributed by atoms with van der Waals surface area (Å²) >= 11 is 0. The number of aliphatic carboxylic acids is 1. The Balaban J connectivity index is 2.22. The van der Waals surface area contributed by atoms with Crippen molar-refractivity contribution in [3.8, 4) is 0 Å². The highest BCUT2D eigenvalue weighted by Crippen LogP contribution is 2.20. The molecule has 1 N–H and O–H groups in total. The quantitative estimate of drug-likeness (QED) is 0.873. The van der Waals surface area contributed by atoms with E-state index in [0.29, 0.717) is 18.7 Å². The topological polar surface area (TPSA) is 70.8 Å². The molecule has 1 atom stereocenters. The lowest BCUT2D eigenvalue weighted by molar-refractivity contribution is -0.142. The Hall–Kier alpha value is -1.78. The lowest BCUT2D eigenvalue weighted by Gasteiger charge is -2.25. The summed E-state index contributed by atoms with van der Waals surface area (Å²) in [5, 5.41) is 9.21. The van der Waals surface area contributed by atoms with E-state index in [0.717, 1.165) is 19.3 Å². The van der Waals surface area contributed by atoms with Gasteiger partial charge in [-0.3, -0.25) is 4.79 Å². The van der Waals surface area contributed by atoms with Crippen molar-refractivity contribution >= 4 is 11.9 Å². The third kappa shape index (κ3) is 2.55. The minimum Gasteiger partial charge on any atom is -0.480 e. The molecule has 1 aromatic heterocycles. The lowest BCUT2D eigenvalue weighted by atomic mass is 10.1. The number of hydrogen-bond donors (Lipinski definition) is 1. The van der Waals surface area contributed by atoms with Crippen molar-refractivity contribution in [2.75, 3.05) is 6.54 Å². The van der Waals surface area contributed by atoms with Crippen LogP contribution in [-0.2, 0) is 4.79 Å². The fourth-order valence-electron chi connectivity index (χ4n) is 2.30. The summed E-state index contributed by atoms with van der Waals surface area (Å²) in [6, 6.07) is 2.58. The molecule has 2 heterocycles. The van der Waals surface area contributed by atoms with E-state index in [1.807, 2.05) is 0 Å². The van der Waals surface area contributed by atoms with Gasteiger partial charge in [0.2, 0.25) is 0 Å². The molecule has 5 heteroatoms. The highest BCUT2D eigenvalue weighted by atomic mass is 16.4. The first-order chi connectivity index (χ1) is 8.59. The van der Waals surface area contributed by atoms with Crippen LogP contribution < -0.4 is 0 Å². The monoisotopic (exact) mass is 251 g/mol. The zero-order valence-corrected chi connectivity index (χ0v) is 10.4. The number of furan rings is 1. The van der Waals surface area contributed by atoms with Gasteiger partial charge in [0.05, 0.1) is 0 Å². The van der Waals surface area contributed by atoms with Crippen LogP contribution >= 0.6 is 0 Å². The first kappa shape index (κ1) is 12.7. The zero-order chi connectivity index (χ0) is 13.1. The summed E-state index contributed by atoms with van der Waals surface area (Å²) in [5.74, 6) is -0.383. The predicted octanol–water partition coefficient (Wildman–Crippen LogP) is 2.06. The smallest absolute Gasteiger partial charge is 0.326 e. The summed E-state index contributed by atoms with van der Waals surface area (Å²) in [6.45, 7) is 2.24. The normalized spacial score (nSPS) is 20.5. The summed E-state index contributed by atoms with van der Waals surface area (Å²) in [4.78, 5) is 24.9. The number of carboxylic acid groups (broad SMARTS) is 1. The molecule has 0 saturated carbocycles. The molecule has 5 nitrogen and oxygen atoms in total. The van der Waals surface area contributed by atoms with E-state index in [4.69, 9.17) is 4.42 Å². The average molecular weight is 251 g/mol. The molecule has 0 radical (unpaired) electrons. The molecule has 0 aromatic carbocycles. The van der Waals surface area contributed by atoms with Crippen LogP contribution in [0.4, 0.5) is 0 Å². The minimum atomic E-state index is -0.937. The third-order valence-corrected chi connectivity index (χ3v) is 3.25. The number of carbonyl (C=O) groups excluding carboxylic acids is 1. The SMILES string of the molecule is Cc1ccc(C(=O)N2CCCCCC2C(=O)O)o1. The molecular weight excluding hydrogens is 234 g/mol. The molecule has 98 valence electrons. The van der Waals surface area contributed by atoms with Crippen LogP contribution in [0.15, 0.2) is 16.5 Å². The summed E-state index contributed by atoms with van der Waals surface area (Å²) in [6.07, 6.45) is 3.17. The van der Waals surface area contributed by atoms with Crippen LogP contribution in [0.5, 0.6) is 0 Å². The maximum Gasteiger partial charge on any atom is 0.326 e. The maximum atomic E-state index is 12.2. The van der Waals surface area contributed by atoms with Gasteiger partial charge in [-0.05, 0) is 31.9 Å². The number of likely N-dealkylation sites (tertiary alicyclic amines) is 1. The van der Waals surface area contributed by atoms with Gasteiger partial charge in [-0.1, -0.05) is 12.8 Å². The molecule has 1 aromatic rings. The Kier molecular flexibility index (Phi) is 3.69. The largest absolute Gasteiger partial charge is 0.480 e. The summed E-state index contributed by atoms with van der Waals surface area (Å²) in [5.41, 5.74) is 0. The standard InChI is InChI=1S/C13H17NO4/c1-9-6-7-11(18-9)12(15)14-8-4-2-3-5-10(14)13(16)17/h6-7,10H,2-5,8H2,1H3,(H,16,17). The molecule has 0 bridgehead atoms. The maximum absolute atomic E-state index is 12.2. The van der Waals surface area contributed by atoms with Crippen LogP contribution in [0, 0.1) is 6.92 Å². The predicted molar refractivity (Wildman–Crippen MR) is 64.4 cm³/mol. The fraction of sp³-hybridized carbons (Fsp3) is 0.538. The van der Waals surface area contributed by atoms with Crippen molar-refractivity contribution in [3.05, 3.63) is 23.7 Å². The Morgan fingerprint density at radius 3 is 2.72 bits per heavy atom. The molecule has 0 spiro atoms. The highest BCUT2D eigenvalue weighted by Gasteiger charge is 2.32. The molecule has 1 unspecified atom stereocenters. The number of nitrogens with zero attached hydrogens (tertiary/aromatic N) is 1. The molecule has 1 aliphatic heterocycles. The summed E-state index contributed by atoms with van der Waals surface area (Å²) < 4.78 is 5.28. The van der Waals surface area contributed by atoms with Crippen LogP contribution in [0.3, 0.4) is 0 Å². The van der Waals surface area contributed by atoms with Crippen molar-refractivity contribution < 1.29 is 19.1 Å². The van der Waals surface area contributed by atoms with Gasteiger partial charge in [-0.25, -0.2) is 4.79 Å². The number of amides is 1. The van der Waals surface area contributed by atoms with Crippen LogP contribution in [0.25, 0.3) is 0 Å². The molecule has 18 heavy (non-hydrogen) atoms. The number of carbonyl (C=O) groups is 2. The van der Waals surface area contributed by atoms with Crippen LogP contribution in [0.1, 0.15) is 42.0 Å². The van der Waals surface area contributed by atoms with Gasteiger partial charge in [-0.2, -0.15) is 0 Å². The second-order valence-corrected chi connectivity index (χ2v) is 4.61. The van der Waals surface area contributed by atoms with Crippen LogP contribution in [-0.4, -0.2) is 34.5 Å². The molecule has 0 aliphatic carbocycles. The zero-order valence-electron chi connectivity index (χ0n) is 10.4. The first-order valence-electron chi connectivity index (χ1n) is 6.20. The lowest BCUT2D eigenvalue weighted by Crippen LogP contribution is -2.44. The number of carboxylic acids is 1. The van der Waals surface area contributed by atoms with Gasteiger partial charge < -0.3 is 14.4 Å². The average Bonchev–Trinajstić information content (AvgIpc) is 2.63. The second-order valence-electron chi connectivity index (χ2n) is 4.61. The Labute approximate surface area is 105 Å². The van der Waals surface area contributed by atoms with E-state index in [9.17, 15) is 14.7 Å². The minimum absolute atomic E-state index is 0.223. The van der Waals surface area contributed by atoms with Crippen molar-refractivity contribution in [1.82, 2.24) is 4.90 Å².